The lowest BCUT2D eigenvalue weighted by atomic mass is 10.1. The van der Waals surface area contributed by atoms with Crippen molar-refractivity contribution in [1.82, 2.24) is 55.6 Å². The van der Waals surface area contributed by atoms with E-state index in [1.165, 1.54) is 64.8 Å². The lowest BCUT2D eigenvalue weighted by Gasteiger charge is -2.28. The minimum absolute atomic E-state index is 0.0312. The Hall–Kier alpha value is -0.720. The Bertz CT molecular complexity index is 789. The number of piperidine rings is 2. The Morgan fingerprint density at radius 3 is 1.03 bits per heavy atom. The lowest BCUT2D eigenvalue weighted by Crippen LogP contribution is -2.36. The van der Waals surface area contributed by atoms with Gasteiger partial charge in [-0.3, -0.25) is 0 Å². The predicted octanol–water partition coefficient (Wildman–Crippen LogP) is 11.5. The van der Waals surface area contributed by atoms with E-state index in [0.29, 0.717) is 19.6 Å². The van der Waals surface area contributed by atoms with E-state index in [2.05, 4.69) is 116 Å². The Balaban J connectivity index is -0.0000000631. The quantitative estimate of drug-likeness (QED) is 0.0883. The third-order valence-corrected chi connectivity index (χ3v) is 9.24. The van der Waals surface area contributed by atoms with Crippen molar-refractivity contribution < 1.29 is 17.6 Å². The molecular weight excluding hydrogens is 903 g/mol. The molecule has 1 atom stereocenters. The maximum atomic E-state index is 12.4. The Morgan fingerprint density at radius 2 is 0.803 bits per heavy atom. The number of nitrogens with one attached hydrogen (secondary N) is 4. The Labute approximate surface area is 448 Å². The minimum Gasteiger partial charge on any atom is -0.320 e. The summed E-state index contributed by atoms with van der Waals surface area (Å²) in [4.78, 5) is 14.8. The molecule has 0 radical (unpaired) electrons. The SMILES string of the molecule is CC.CC.CC.CC.CC.CC.CC.CCN(C)CCCNC.CN1CCC(F)(F)C1.CN1CCC(F)(F)CC1.CN1CCCCC1.CNCC(C)CN(C)C.CNCCCN(C)C.CNCCN(C)C. The van der Waals surface area contributed by atoms with Gasteiger partial charge in [0.05, 0.1) is 6.54 Å². The largest absolute Gasteiger partial charge is 0.320 e. The maximum Gasteiger partial charge on any atom is 0.261 e. The predicted molar refractivity (Wildman–Crippen MR) is 322 cm³/mol. The van der Waals surface area contributed by atoms with E-state index >= 15 is 0 Å². The van der Waals surface area contributed by atoms with Gasteiger partial charge >= 0.3 is 0 Å². The van der Waals surface area contributed by atoms with Crippen molar-refractivity contribution in [1.29, 1.82) is 0 Å². The number of rotatable bonds is 16. The molecule has 11 nitrogen and oxygen atoms in total. The van der Waals surface area contributed by atoms with E-state index in [4.69, 9.17) is 0 Å². The van der Waals surface area contributed by atoms with Gasteiger partial charge in [0.2, 0.25) is 0 Å². The van der Waals surface area contributed by atoms with Crippen LogP contribution in [0.4, 0.5) is 17.6 Å². The molecule has 3 rings (SSSR count). The fraction of sp³-hybridized carbons (Fsp3) is 1.00. The zero-order valence-corrected chi connectivity index (χ0v) is 54.5. The molecule has 0 spiro atoms. The summed E-state index contributed by atoms with van der Waals surface area (Å²) in [5, 5.41) is 12.4. The number of likely N-dealkylation sites (tertiary alicyclic amines) is 3. The molecule has 0 aromatic rings. The molecule has 0 aromatic carbocycles. The lowest BCUT2D eigenvalue weighted by molar-refractivity contribution is -0.0504. The second-order valence-corrected chi connectivity index (χ2v) is 16.8. The first-order valence-corrected chi connectivity index (χ1v) is 28.6. The monoisotopic (exact) mass is 1040 g/mol. The summed E-state index contributed by atoms with van der Waals surface area (Å²) in [6.45, 7) is 46.9. The molecule has 3 aliphatic rings. The number of halogens is 4. The molecule has 3 saturated heterocycles. The molecule has 3 heterocycles. The van der Waals surface area contributed by atoms with Gasteiger partial charge in [-0.2, -0.15) is 0 Å². The highest BCUT2D eigenvalue weighted by atomic mass is 19.3. The highest BCUT2D eigenvalue weighted by Gasteiger charge is 2.36. The normalized spacial score (nSPS) is 15.3. The highest BCUT2D eigenvalue weighted by molar-refractivity contribution is 4.79. The molecular formula is C56H141F4N11. The first kappa shape index (κ1) is 96.0. The fourth-order valence-corrected chi connectivity index (χ4v) is 5.53. The molecule has 0 amide bonds. The van der Waals surface area contributed by atoms with Crippen LogP contribution >= 0.6 is 0 Å². The second-order valence-electron chi connectivity index (χ2n) is 16.8. The second kappa shape index (κ2) is 83.3. The zero-order valence-electron chi connectivity index (χ0n) is 54.5. The molecule has 3 aliphatic heterocycles. The summed E-state index contributed by atoms with van der Waals surface area (Å²) in [5.41, 5.74) is 0. The van der Waals surface area contributed by atoms with Gasteiger partial charge in [0.1, 0.15) is 0 Å². The van der Waals surface area contributed by atoms with E-state index in [1.54, 1.807) is 11.9 Å². The zero-order chi connectivity index (χ0) is 58.7. The molecule has 71 heavy (non-hydrogen) atoms. The molecule has 4 N–H and O–H groups in total. The van der Waals surface area contributed by atoms with Crippen LogP contribution in [0.5, 0.6) is 0 Å². The first-order chi connectivity index (χ1) is 33.6. The average Bonchev–Trinajstić information content (AvgIpc) is 3.70. The topological polar surface area (TPSA) is 70.8 Å². The van der Waals surface area contributed by atoms with Crippen LogP contribution in [0.1, 0.15) is 162 Å². The van der Waals surface area contributed by atoms with E-state index in [0.717, 1.165) is 45.2 Å². The number of likely N-dealkylation sites (N-methyl/N-ethyl adjacent to an activating group) is 2. The average molecular weight is 1040 g/mol. The van der Waals surface area contributed by atoms with Crippen molar-refractivity contribution in [2.75, 3.05) is 197 Å². The maximum absolute atomic E-state index is 12.4. The molecule has 0 aromatic heterocycles. The van der Waals surface area contributed by atoms with Gasteiger partial charge in [0.15, 0.2) is 0 Å². The third kappa shape index (κ3) is 110. The number of hydrogen-bond donors (Lipinski definition) is 4. The molecule has 1 unspecified atom stereocenters. The van der Waals surface area contributed by atoms with Gasteiger partial charge in [0, 0.05) is 58.5 Å². The first-order valence-electron chi connectivity index (χ1n) is 28.6. The van der Waals surface area contributed by atoms with Crippen LogP contribution in [0.15, 0.2) is 0 Å². The van der Waals surface area contributed by atoms with Gasteiger partial charge in [-0.05, 0) is 183 Å². The summed E-state index contributed by atoms with van der Waals surface area (Å²) in [7, 11) is 28.4. The van der Waals surface area contributed by atoms with Crippen LogP contribution in [0, 0.1) is 5.92 Å². The molecule has 448 valence electrons. The standard InChI is InChI=1S/2C7H18N2.C6H11F2N.C6H16N2.C6H13N.C5H9F2N.C5H14N2.7C2H6/c1-7(5-8-2)6-9(3)4;1-4-9(3)7-5-6-8-2;1-9-4-2-6(7,8)3-5-9;1-7-5-4-6-8(2)3;1-7-5-3-2-4-6-7;1-8-3-2-5(6,7)4-8;1-6-4-5-7(2)3;7*1-2/h7-8H,5-6H2,1-4H3;8H,4-7H2,1-3H3;2-5H2,1H3;7H,4-6H2,1-3H3;2-6H2,1H3;2-4H2,1H3;6H,4-5H2,1-3H3;7*1-2H3. The smallest absolute Gasteiger partial charge is 0.261 e. The highest BCUT2D eigenvalue weighted by Crippen LogP contribution is 2.26. The van der Waals surface area contributed by atoms with Crippen molar-refractivity contribution in [3.8, 4) is 0 Å². The number of alkyl halides is 4. The van der Waals surface area contributed by atoms with Crippen LogP contribution in [0.2, 0.25) is 0 Å². The van der Waals surface area contributed by atoms with Crippen molar-refractivity contribution in [2.24, 2.45) is 5.92 Å². The fourth-order valence-electron chi connectivity index (χ4n) is 5.53. The van der Waals surface area contributed by atoms with Gasteiger partial charge in [0.25, 0.3) is 11.8 Å². The van der Waals surface area contributed by atoms with E-state index < -0.39 is 11.8 Å². The van der Waals surface area contributed by atoms with Crippen LogP contribution in [0.3, 0.4) is 0 Å². The van der Waals surface area contributed by atoms with E-state index in [1.807, 2.05) is 137 Å². The van der Waals surface area contributed by atoms with E-state index in [-0.39, 0.29) is 25.8 Å². The molecule has 0 bridgehead atoms. The van der Waals surface area contributed by atoms with Crippen LogP contribution in [0.25, 0.3) is 0 Å². The summed E-state index contributed by atoms with van der Waals surface area (Å²) in [6.07, 6.45) is 6.86. The number of nitrogens with zero attached hydrogens (tertiary/aromatic N) is 7. The van der Waals surface area contributed by atoms with Gasteiger partial charge < -0.3 is 55.6 Å². The minimum atomic E-state index is -2.41. The van der Waals surface area contributed by atoms with Crippen LogP contribution in [-0.4, -0.2) is 243 Å². The summed E-state index contributed by atoms with van der Waals surface area (Å²) < 4.78 is 49.0. The third-order valence-electron chi connectivity index (χ3n) is 9.24. The molecule has 0 saturated carbocycles. The summed E-state index contributed by atoms with van der Waals surface area (Å²) in [6, 6.07) is 0. The van der Waals surface area contributed by atoms with Gasteiger partial charge in [-0.15, -0.1) is 0 Å². The molecule has 3 fully saturated rings. The summed E-state index contributed by atoms with van der Waals surface area (Å²) in [5.74, 6) is -4.04. The van der Waals surface area contributed by atoms with Crippen molar-refractivity contribution in [3.63, 3.8) is 0 Å². The van der Waals surface area contributed by atoms with Crippen molar-refractivity contribution >= 4 is 0 Å². The number of hydrogen-bond acceptors (Lipinski definition) is 11. The molecule has 0 aliphatic carbocycles. The molecule has 15 heteroatoms. The van der Waals surface area contributed by atoms with Gasteiger partial charge in [-0.25, -0.2) is 17.6 Å². The van der Waals surface area contributed by atoms with Crippen molar-refractivity contribution in [2.45, 2.75) is 174 Å². The van der Waals surface area contributed by atoms with E-state index in [9.17, 15) is 17.6 Å². The van der Waals surface area contributed by atoms with Crippen LogP contribution in [-0.2, 0) is 0 Å². The van der Waals surface area contributed by atoms with Crippen molar-refractivity contribution in [3.05, 3.63) is 0 Å². The Morgan fingerprint density at radius 1 is 0.451 bits per heavy atom. The Kier molecular flexibility index (Phi) is 113. The summed E-state index contributed by atoms with van der Waals surface area (Å²) >= 11 is 0. The van der Waals surface area contributed by atoms with Gasteiger partial charge in [-0.1, -0.05) is 117 Å². The van der Waals surface area contributed by atoms with Crippen LogP contribution < -0.4 is 21.3 Å².